The largest absolute Gasteiger partial charge is 0.393 e. The van der Waals surface area contributed by atoms with Crippen molar-refractivity contribution in [2.24, 2.45) is 23.2 Å². The molecule has 5 unspecified atom stereocenters. The van der Waals surface area contributed by atoms with Crippen molar-refractivity contribution in [2.75, 3.05) is 6.61 Å². The van der Waals surface area contributed by atoms with Crippen LogP contribution in [0.25, 0.3) is 0 Å². The summed E-state index contributed by atoms with van der Waals surface area (Å²) in [4.78, 5) is 24.9. The molecule has 0 bridgehead atoms. The molecule has 0 heterocycles. The average Bonchev–Trinajstić information content (AvgIpc) is 2.96. The van der Waals surface area contributed by atoms with Gasteiger partial charge in [0.1, 0.15) is 0 Å². The van der Waals surface area contributed by atoms with Crippen molar-refractivity contribution in [1.29, 1.82) is 0 Å². The van der Waals surface area contributed by atoms with Gasteiger partial charge in [-0.15, -0.1) is 0 Å². The number of hydrogen-bond donors (Lipinski definition) is 3. The molecule has 0 amide bonds. The Morgan fingerprint density at radius 1 is 1.12 bits per heavy atom. The van der Waals surface area contributed by atoms with Gasteiger partial charge in [0.25, 0.3) is 0 Å². The van der Waals surface area contributed by atoms with E-state index in [9.17, 15) is 24.9 Å². The summed E-state index contributed by atoms with van der Waals surface area (Å²) in [6.07, 6.45) is 6.34. The maximum atomic E-state index is 12.5. The lowest BCUT2D eigenvalue weighted by molar-refractivity contribution is -0.169. The first-order valence-electron chi connectivity index (χ1n) is 9.67. The normalized spacial score (nSPS) is 42.6. The standard InChI is InChI=1S/C21H28O5/c1-19(2,25)14-5-7-20-10-13-12(16(23)3-4-17(13)24)9-18(20)21(26,11-22)8-6-15(14)20/h3-4,14-15,18,22,25-26H,5-11H2,1-2H3. The van der Waals surface area contributed by atoms with Crippen molar-refractivity contribution in [3.05, 3.63) is 23.3 Å². The third-order valence-electron chi connectivity index (χ3n) is 7.82. The van der Waals surface area contributed by atoms with Gasteiger partial charge in [0.15, 0.2) is 11.6 Å². The topological polar surface area (TPSA) is 94.8 Å². The fourth-order valence-corrected chi connectivity index (χ4v) is 6.62. The van der Waals surface area contributed by atoms with Gasteiger partial charge in [-0.2, -0.15) is 0 Å². The van der Waals surface area contributed by atoms with E-state index in [2.05, 4.69) is 0 Å². The minimum atomic E-state index is -1.23. The van der Waals surface area contributed by atoms with Crippen LogP contribution >= 0.6 is 0 Å². The molecule has 3 N–H and O–H groups in total. The summed E-state index contributed by atoms with van der Waals surface area (Å²) in [5.74, 6) is -0.222. The molecule has 142 valence electrons. The van der Waals surface area contributed by atoms with Crippen molar-refractivity contribution >= 4 is 11.6 Å². The molecule has 26 heavy (non-hydrogen) atoms. The molecule has 0 aromatic heterocycles. The summed E-state index contributed by atoms with van der Waals surface area (Å²) in [6, 6.07) is 0. The van der Waals surface area contributed by atoms with Gasteiger partial charge in [-0.1, -0.05) is 0 Å². The lowest BCUT2D eigenvalue weighted by Crippen LogP contribution is -2.59. The number of aliphatic hydroxyl groups excluding tert-OH is 1. The van der Waals surface area contributed by atoms with Crippen LogP contribution in [-0.2, 0) is 9.59 Å². The highest BCUT2D eigenvalue weighted by atomic mass is 16.3. The van der Waals surface area contributed by atoms with Gasteiger partial charge in [-0.3, -0.25) is 9.59 Å². The lowest BCUT2D eigenvalue weighted by atomic mass is 9.48. The molecule has 4 rings (SSSR count). The van der Waals surface area contributed by atoms with E-state index in [0.717, 1.165) is 19.3 Å². The third-order valence-corrected chi connectivity index (χ3v) is 7.82. The first-order valence-corrected chi connectivity index (χ1v) is 9.67. The maximum absolute atomic E-state index is 12.5. The zero-order valence-electron chi connectivity index (χ0n) is 15.5. The molecule has 5 nitrogen and oxygen atoms in total. The van der Waals surface area contributed by atoms with Crippen LogP contribution in [0.1, 0.15) is 52.4 Å². The Morgan fingerprint density at radius 3 is 2.38 bits per heavy atom. The maximum Gasteiger partial charge on any atom is 0.182 e. The quantitative estimate of drug-likeness (QED) is 0.652. The molecule has 5 heteroatoms. The average molecular weight is 360 g/mol. The Kier molecular flexibility index (Phi) is 3.89. The zero-order valence-corrected chi connectivity index (χ0v) is 15.5. The van der Waals surface area contributed by atoms with Crippen molar-refractivity contribution in [3.63, 3.8) is 0 Å². The van der Waals surface area contributed by atoms with E-state index in [1.54, 1.807) is 0 Å². The monoisotopic (exact) mass is 360 g/mol. The summed E-state index contributed by atoms with van der Waals surface area (Å²) in [5.41, 5.74) is -1.27. The first kappa shape index (κ1) is 18.1. The number of ketones is 2. The van der Waals surface area contributed by atoms with Gasteiger partial charge < -0.3 is 15.3 Å². The molecule has 2 fully saturated rings. The van der Waals surface area contributed by atoms with Gasteiger partial charge >= 0.3 is 0 Å². The highest BCUT2D eigenvalue weighted by molar-refractivity contribution is 6.20. The molecule has 5 atom stereocenters. The second kappa shape index (κ2) is 5.60. The Labute approximate surface area is 153 Å². The predicted octanol–water partition coefficient (Wildman–Crippen LogP) is 1.70. The number of carbonyl (C=O) groups is 2. The Morgan fingerprint density at radius 2 is 1.77 bits per heavy atom. The molecule has 2 saturated carbocycles. The number of allylic oxidation sites excluding steroid dienone is 4. The fraction of sp³-hybridized carbons (Fsp3) is 0.714. The van der Waals surface area contributed by atoms with Crippen LogP contribution in [0.5, 0.6) is 0 Å². The summed E-state index contributed by atoms with van der Waals surface area (Å²) >= 11 is 0. The SMILES string of the molecule is CC(C)(O)C1CCC23CC4=C(CC2C(O)(CO)CCC13)C(=O)C=CC4=O. The van der Waals surface area contributed by atoms with Crippen LogP contribution in [0.2, 0.25) is 0 Å². The zero-order chi connectivity index (χ0) is 18.9. The molecule has 0 aromatic carbocycles. The lowest BCUT2D eigenvalue weighted by Gasteiger charge is -2.58. The Balaban J connectivity index is 1.83. The first-order chi connectivity index (χ1) is 12.1. The van der Waals surface area contributed by atoms with Gasteiger partial charge in [-0.05, 0) is 81.8 Å². The summed E-state index contributed by atoms with van der Waals surface area (Å²) in [7, 11) is 0. The van der Waals surface area contributed by atoms with Crippen LogP contribution in [-0.4, -0.2) is 44.7 Å². The van der Waals surface area contributed by atoms with Crippen molar-refractivity contribution in [1.82, 2.24) is 0 Å². The smallest absolute Gasteiger partial charge is 0.182 e. The van der Waals surface area contributed by atoms with Gasteiger partial charge in [0.05, 0.1) is 17.8 Å². The van der Waals surface area contributed by atoms with E-state index in [1.165, 1.54) is 12.2 Å². The second-order valence-electron chi connectivity index (χ2n) is 9.39. The highest BCUT2D eigenvalue weighted by Gasteiger charge is 2.64. The minimum Gasteiger partial charge on any atom is -0.393 e. The predicted molar refractivity (Wildman–Crippen MR) is 95.1 cm³/mol. The third kappa shape index (κ3) is 2.33. The molecular formula is C21H28O5. The van der Waals surface area contributed by atoms with Crippen LogP contribution in [0, 0.1) is 23.2 Å². The molecule has 1 spiro atoms. The van der Waals surface area contributed by atoms with Gasteiger partial charge in [-0.25, -0.2) is 0 Å². The Bertz CT molecular complexity index is 727. The number of rotatable bonds is 2. The molecule has 4 aliphatic carbocycles. The van der Waals surface area contributed by atoms with E-state index in [0.29, 0.717) is 30.4 Å². The minimum absolute atomic E-state index is 0.0975. The fourth-order valence-electron chi connectivity index (χ4n) is 6.62. The molecule has 0 aliphatic heterocycles. The summed E-state index contributed by atoms with van der Waals surface area (Å²) < 4.78 is 0. The van der Waals surface area contributed by atoms with Gasteiger partial charge in [0.2, 0.25) is 0 Å². The molecule has 0 saturated heterocycles. The number of carbonyl (C=O) groups excluding carboxylic acids is 2. The molecular weight excluding hydrogens is 332 g/mol. The number of aliphatic hydroxyl groups is 3. The van der Waals surface area contributed by atoms with Crippen molar-refractivity contribution in [2.45, 2.75) is 63.6 Å². The van der Waals surface area contributed by atoms with Crippen LogP contribution in [0.4, 0.5) is 0 Å². The van der Waals surface area contributed by atoms with E-state index in [4.69, 9.17) is 0 Å². The van der Waals surface area contributed by atoms with E-state index in [1.807, 2.05) is 13.8 Å². The molecule has 0 aromatic rings. The molecule has 0 radical (unpaired) electrons. The highest BCUT2D eigenvalue weighted by Crippen LogP contribution is 2.67. The Hall–Kier alpha value is -1.30. The van der Waals surface area contributed by atoms with E-state index < -0.39 is 11.2 Å². The van der Waals surface area contributed by atoms with Crippen molar-refractivity contribution in [3.8, 4) is 0 Å². The summed E-state index contributed by atoms with van der Waals surface area (Å²) in [5, 5.41) is 31.9. The number of hydrogen-bond acceptors (Lipinski definition) is 5. The van der Waals surface area contributed by atoms with Crippen molar-refractivity contribution < 1.29 is 24.9 Å². The van der Waals surface area contributed by atoms with Crippen LogP contribution < -0.4 is 0 Å². The van der Waals surface area contributed by atoms with Crippen LogP contribution in [0.15, 0.2) is 23.3 Å². The van der Waals surface area contributed by atoms with E-state index >= 15 is 0 Å². The van der Waals surface area contributed by atoms with E-state index in [-0.39, 0.29) is 41.3 Å². The van der Waals surface area contributed by atoms with Gasteiger partial charge in [0, 0.05) is 17.1 Å². The van der Waals surface area contributed by atoms with Crippen LogP contribution in [0.3, 0.4) is 0 Å². The molecule has 4 aliphatic rings. The second-order valence-corrected chi connectivity index (χ2v) is 9.39. The summed E-state index contributed by atoms with van der Waals surface area (Å²) in [6.45, 7) is 3.34.